The first-order valence-electron chi connectivity index (χ1n) is 8.83. The number of nitriles is 1. The van der Waals surface area contributed by atoms with Gasteiger partial charge in [0.1, 0.15) is 11.5 Å². The normalized spacial score (nSPS) is 10.3. The fourth-order valence-corrected chi connectivity index (χ4v) is 2.79. The van der Waals surface area contributed by atoms with E-state index in [1.54, 1.807) is 6.92 Å². The zero-order chi connectivity index (χ0) is 21.8. The Morgan fingerprint density at radius 1 is 1.13 bits per heavy atom. The second-order valence-corrected chi connectivity index (χ2v) is 6.23. The molecule has 1 heterocycles. The van der Waals surface area contributed by atoms with Crippen LogP contribution in [0.25, 0.3) is 11.1 Å². The van der Waals surface area contributed by atoms with E-state index in [-0.39, 0.29) is 46.2 Å². The summed E-state index contributed by atoms with van der Waals surface area (Å²) in [7, 11) is 1.53. The first-order chi connectivity index (χ1) is 14.3. The van der Waals surface area contributed by atoms with Crippen molar-refractivity contribution >= 4 is 5.69 Å². The molecule has 0 amide bonds. The van der Waals surface area contributed by atoms with Gasteiger partial charge in [-0.15, -0.1) is 0 Å². The number of hydrogen-bond acceptors (Lipinski definition) is 6. The maximum absolute atomic E-state index is 14.3. The highest BCUT2D eigenvalue weighted by molar-refractivity contribution is 5.77. The third-order valence-electron chi connectivity index (χ3n) is 4.24. The van der Waals surface area contributed by atoms with Crippen molar-refractivity contribution in [3.63, 3.8) is 0 Å². The Kier molecular flexibility index (Phi) is 5.78. The van der Waals surface area contributed by atoms with Crippen LogP contribution in [-0.2, 0) is 7.05 Å². The van der Waals surface area contributed by atoms with Gasteiger partial charge in [-0.05, 0) is 31.2 Å². The molecule has 0 atom stereocenters. The number of aromatic nitrogens is 1. The number of halogens is 1. The minimum absolute atomic E-state index is 0.115. The van der Waals surface area contributed by atoms with Gasteiger partial charge in [-0.25, -0.2) is 4.39 Å². The highest BCUT2D eigenvalue weighted by atomic mass is 19.1. The van der Waals surface area contributed by atoms with Crippen LogP contribution in [0.3, 0.4) is 0 Å². The molecule has 9 heteroatoms. The second-order valence-electron chi connectivity index (χ2n) is 6.23. The predicted octanol–water partition coefficient (Wildman–Crippen LogP) is 4.16. The van der Waals surface area contributed by atoms with Crippen molar-refractivity contribution in [2.45, 2.75) is 6.92 Å². The molecule has 152 valence electrons. The van der Waals surface area contributed by atoms with Gasteiger partial charge in [0.15, 0.2) is 11.6 Å². The van der Waals surface area contributed by atoms with E-state index in [4.69, 9.17) is 14.7 Å². The van der Waals surface area contributed by atoms with E-state index in [2.05, 4.69) is 0 Å². The van der Waals surface area contributed by atoms with Gasteiger partial charge in [0.05, 0.1) is 23.2 Å². The number of ether oxygens (including phenoxy) is 2. The highest BCUT2D eigenvalue weighted by Gasteiger charge is 2.19. The van der Waals surface area contributed by atoms with Crippen LogP contribution in [0, 0.1) is 27.3 Å². The summed E-state index contributed by atoms with van der Waals surface area (Å²) >= 11 is 0. The topological polar surface area (TPSA) is 107 Å². The van der Waals surface area contributed by atoms with Crippen LogP contribution >= 0.6 is 0 Å². The average Bonchev–Trinajstić information content (AvgIpc) is 2.72. The fourth-order valence-electron chi connectivity index (χ4n) is 2.79. The zero-order valence-electron chi connectivity index (χ0n) is 16.1. The molecule has 0 saturated heterocycles. The van der Waals surface area contributed by atoms with Gasteiger partial charge in [-0.3, -0.25) is 14.9 Å². The van der Waals surface area contributed by atoms with Crippen molar-refractivity contribution in [1.82, 2.24) is 4.57 Å². The van der Waals surface area contributed by atoms with Gasteiger partial charge in [0.2, 0.25) is 0 Å². The van der Waals surface area contributed by atoms with Crippen LogP contribution in [0.1, 0.15) is 12.5 Å². The molecule has 0 fully saturated rings. The number of non-ortho nitro benzene ring substituents is 1. The Labute approximate surface area is 170 Å². The van der Waals surface area contributed by atoms with Gasteiger partial charge in [0.25, 0.3) is 11.2 Å². The molecule has 1 aromatic heterocycles. The van der Waals surface area contributed by atoms with Gasteiger partial charge in [-0.1, -0.05) is 0 Å². The summed E-state index contributed by atoms with van der Waals surface area (Å²) in [5, 5.41) is 20.2. The summed E-state index contributed by atoms with van der Waals surface area (Å²) in [5.74, 6) is -0.592. The number of aryl methyl sites for hydroxylation is 1. The Hall–Kier alpha value is -4.19. The molecule has 0 saturated carbocycles. The molecule has 0 N–H and O–H groups in total. The first-order valence-corrected chi connectivity index (χ1v) is 8.83. The van der Waals surface area contributed by atoms with E-state index < -0.39 is 10.7 Å². The van der Waals surface area contributed by atoms with Crippen LogP contribution in [0.2, 0.25) is 0 Å². The van der Waals surface area contributed by atoms with Crippen LogP contribution in [-0.4, -0.2) is 16.1 Å². The van der Waals surface area contributed by atoms with Crippen LogP contribution in [0.5, 0.6) is 17.2 Å². The summed E-state index contributed by atoms with van der Waals surface area (Å²) in [4.78, 5) is 22.7. The maximum atomic E-state index is 14.3. The first kappa shape index (κ1) is 20.5. The number of pyridine rings is 1. The van der Waals surface area contributed by atoms with E-state index in [9.17, 15) is 19.3 Å². The summed E-state index contributed by atoms with van der Waals surface area (Å²) in [6.45, 7) is 1.99. The van der Waals surface area contributed by atoms with Crippen LogP contribution in [0.4, 0.5) is 10.1 Å². The summed E-state index contributed by atoms with van der Waals surface area (Å²) < 4.78 is 26.8. The third-order valence-corrected chi connectivity index (χ3v) is 4.24. The molecule has 30 heavy (non-hydrogen) atoms. The lowest BCUT2D eigenvalue weighted by molar-refractivity contribution is -0.384. The molecule has 0 bridgehead atoms. The van der Waals surface area contributed by atoms with E-state index in [1.807, 2.05) is 6.07 Å². The zero-order valence-corrected chi connectivity index (χ0v) is 16.1. The van der Waals surface area contributed by atoms with Gasteiger partial charge < -0.3 is 14.0 Å². The Morgan fingerprint density at radius 3 is 2.50 bits per heavy atom. The largest absolute Gasteiger partial charge is 0.493 e. The molecule has 0 radical (unpaired) electrons. The average molecular weight is 409 g/mol. The van der Waals surface area contributed by atoms with Crippen molar-refractivity contribution in [2.24, 2.45) is 7.05 Å². The summed E-state index contributed by atoms with van der Waals surface area (Å²) in [6, 6.07) is 10.6. The lowest BCUT2D eigenvalue weighted by atomic mass is 10.0. The third kappa shape index (κ3) is 4.12. The molecular weight excluding hydrogens is 393 g/mol. The minimum Gasteiger partial charge on any atom is -0.493 e. The Balaban J connectivity index is 2.20. The number of rotatable bonds is 6. The van der Waals surface area contributed by atoms with Crippen molar-refractivity contribution in [1.29, 1.82) is 5.26 Å². The molecule has 0 aliphatic heterocycles. The smallest absolute Gasteiger partial charge is 0.270 e. The Morgan fingerprint density at radius 2 is 1.87 bits per heavy atom. The number of nitrogens with zero attached hydrogens (tertiary/aromatic N) is 3. The minimum atomic E-state index is -0.760. The van der Waals surface area contributed by atoms with Crippen molar-refractivity contribution in [2.75, 3.05) is 6.61 Å². The standard InChI is InChI=1S/C21H16FN3O5/c1-3-29-20-10-21(26)24(2)12-16(20)15-9-14(25(27)28)5-7-18(15)30-19-6-4-13(11-23)8-17(19)22/h4-10,12H,3H2,1-2H3. The molecule has 3 rings (SSSR count). The summed E-state index contributed by atoms with van der Waals surface area (Å²) in [6.07, 6.45) is 1.47. The van der Waals surface area contributed by atoms with E-state index >= 15 is 0 Å². The van der Waals surface area contributed by atoms with Gasteiger partial charge in [-0.2, -0.15) is 5.26 Å². The monoisotopic (exact) mass is 409 g/mol. The number of nitro benzene ring substituents is 1. The van der Waals surface area contributed by atoms with E-state index in [0.717, 1.165) is 6.07 Å². The van der Waals surface area contributed by atoms with E-state index in [0.29, 0.717) is 5.56 Å². The second kappa shape index (κ2) is 8.45. The quantitative estimate of drug-likeness (QED) is 0.447. The lowest BCUT2D eigenvalue weighted by Gasteiger charge is -2.16. The highest BCUT2D eigenvalue weighted by Crippen LogP contribution is 2.40. The molecule has 8 nitrogen and oxygen atoms in total. The van der Waals surface area contributed by atoms with Crippen LogP contribution in [0.15, 0.2) is 53.5 Å². The Bertz CT molecular complexity index is 1230. The SMILES string of the molecule is CCOc1cc(=O)n(C)cc1-c1cc([N+](=O)[O-])ccc1Oc1ccc(C#N)cc1F. The van der Waals surface area contributed by atoms with Crippen molar-refractivity contribution < 1.29 is 18.8 Å². The fraction of sp³-hybridized carbons (Fsp3) is 0.143. The number of benzene rings is 2. The van der Waals surface area contributed by atoms with Gasteiger partial charge in [0, 0.05) is 42.6 Å². The predicted molar refractivity (Wildman–Crippen MR) is 106 cm³/mol. The molecule has 0 unspecified atom stereocenters. The molecule has 3 aromatic rings. The molecule has 2 aromatic carbocycles. The maximum Gasteiger partial charge on any atom is 0.270 e. The summed E-state index contributed by atoms with van der Waals surface area (Å²) in [5.41, 5.74) is 0.196. The van der Waals surface area contributed by atoms with Crippen molar-refractivity contribution in [3.8, 4) is 34.4 Å². The van der Waals surface area contributed by atoms with Crippen molar-refractivity contribution in [3.05, 3.63) is 80.5 Å². The van der Waals surface area contributed by atoms with Crippen LogP contribution < -0.4 is 15.0 Å². The lowest BCUT2D eigenvalue weighted by Crippen LogP contribution is -2.16. The van der Waals surface area contributed by atoms with E-state index in [1.165, 1.54) is 54.2 Å². The number of hydrogen-bond donors (Lipinski definition) is 0. The van der Waals surface area contributed by atoms with Gasteiger partial charge >= 0.3 is 0 Å². The molecular formula is C21H16FN3O5. The molecule has 0 aliphatic rings. The number of nitro groups is 1. The molecule has 0 spiro atoms. The molecule has 0 aliphatic carbocycles.